The van der Waals surface area contributed by atoms with E-state index < -0.39 is 0 Å². The van der Waals surface area contributed by atoms with Crippen LogP contribution in [0.2, 0.25) is 0 Å². The van der Waals surface area contributed by atoms with Crippen LogP contribution in [0.15, 0.2) is 54.6 Å². The average molecular weight is 394 g/mol. The van der Waals surface area contributed by atoms with Gasteiger partial charge in [-0.1, -0.05) is 18.2 Å². The second-order valence-corrected chi connectivity index (χ2v) is 7.19. The first-order chi connectivity index (χ1) is 14.0. The van der Waals surface area contributed by atoms with E-state index >= 15 is 0 Å². The molecule has 0 atom stereocenters. The maximum Gasteiger partial charge on any atom is 0.227 e. The maximum atomic E-state index is 12.5. The molecule has 0 spiro atoms. The lowest BCUT2D eigenvalue weighted by molar-refractivity contribution is -0.135. The molecule has 0 radical (unpaired) electrons. The predicted molar refractivity (Wildman–Crippen MR) is 111 cm³/mol. The van der Waals surface area contributed by atoms with Crippen LogP contribution in [0.25, 0.3) is 0 Å². The molecule has 2 amide bonds. The highest BCUT2D eigenvalue weighted by atomic mass is 16.5. The van der Waals surface area contributed by atoms with Crippen LogP contribution in [0, 0.1) is 5.92 Å². The van der Waals surface area contributed by atoms with E-state index in [0.717, 1.165) is 5.75 Å². The smallest absolute Gasteiger partial charge is 0.227 e. The van der Waals surface area contributed by atoms with Gasteiger partial charge in [0.05, 0.1) is 13.0 Å². The van der Waals surface area contributed by atoms with Gasteiger partial charge in [-0.3, -0.25) is 14.4 Å². The zero-order chi connectivity index (χ0) is 20.6. The number of hydrogen-bond acceptors (Lipinski definition) is 4. The van der Waals surface area contributed by atoms with E-state index in [-0.39, 0.29) is 23.5 Å². The normalized spacial score (nSPS) is 14.3. The standard InChI is InChI=1S/C23H26N2O4/c1-17(26)18-7-9-20(10-8-18)24-23(28)19-11-14-25(15-12-19)22(27)13-16-29-21-5-3-2-4-6-21/h2-10,19H,11-16H2,1H3,(H,24,28). The van der Waals surface area contributed by atoms with Crippen molar-refractivity contribution >= 4 is 23.3 Å². The number of benzene rings is 2. The lowest BCUT2D eigenvalue weighted by Crippen LogP contribution is -2.41. The molecule has 0 saturated carbocycles. The molecule has 1 aliphatic rings. The molecule has 0 aromatic heterocycles. The number of Topliss-reactive ketones (excluding diaryl/α,β-unsaturated/α-hetero) is 1. The average Bonchev–Trinajstić information content (AvgIpc) is 2.75. The number of nitrogens with zero attached hydrogens (tertiary/aromatic N) is 1. The second-order valence-electron chi connectivity index (χ2n) is 7.19. The highest BCUT2D eigenvalue weighted by molar-refractivity contribution is 5.96. The van der Waals surface area contributed by atoms with E-state index in [1.807, 2.05) is 30.3 Å². The van der Waals surface area contributed by atoms with Crippen LogP contribution in [0.4, 0.5) is 5.69 Å². The molecule has 1 heterocycles. The van der Waals surface area contributed by atoms with E-state index in [1.54, 1.807) is 29.2 Å². The summed E-state index contributed by atoms with van der Waals surface area (Å²) in [6, 6.07) is 16.3. The van der Waals surface area contributed by atoms with Crippen LogP contribution in [-0.2, 0) is 9.59 Å². The summed E-state index contributed by atoms with van der Waals surface area (Å²) in [5.74, 6) is 0.646. The van der Waals surface area contributed by atoms with Gasteiger partial charge in [0.2, 0.25) is 11.8 Å². The summed E-state index contributed by atoms with van der Waals surface area (Å²) in [5.41, 5.74) is 1.29. The fourth-order valence-corrected chi connectivity index (χ4v) is 3.35. The number of ether oxygens (including phenoxy) is 1. The second kappa shape index (κ2) is 9.87. The van der Waals surface area contributed by atoms with Gasteiger partial charge in [0.15, 0.2) is 5.78 Å². The molecule has 29 heavy (non-hydrogen) atoms. The summed E-state index contributed by atoms with van der Waals surface area (Å²) in [6.07, 6.45) is 1.61. The van der Waals surface area contributed by atoms with Crippen molar-refractivity contribution in [2.45, 2.75) is 26.2 Å². The topological polar surface area (TPSA) is 75.7 Å². The number of ketones is 1. The fraction of sp³-hybridized carbons (Fsp3) is 0.348. The Bertz CT molecular complexity index is 841. The molecular formula is C23H26N2O4. The van der Waals surface area contributed by atoms with Crippen molar-refractivity contribution in [3.05, 3.63) is 60.2 Å². The van der Waals surface area contributed by atoms with Gasteiger partial charge in [0.1, 0.15) is 5.75 Å². The summed E-state index contributed by atoms with van der Waals surface area (Å²) in [5, 5.41) is 2.90. The minimum atomic E-state index is -0.118. The Morgan fingerprint density at radius 3 is 2.28 bits per heavy atom. The molecule has 0 unspecified atom stereocenters. The SMILES string of the molecule is CC(=O)c1ccc(NC(=O)C2CCN(C(=O)CCOc3ccccc3)CC2)cc1. The van der Waals surface area contributed by atoms with E-state index in [1.165, 1.54) is 6.92 Å². The Kier molecular flexibility index (Phi) is 7.00. The number of amides is 2. The van der Waals surface area contributed by atoms with Crippen LogP contribution < -0.4 is 10.1 Å². The molecule has 1 saturated heterocycles. The number of para-hydroxylation sites is 1. The van der Waals surface area contributed by atoms with Crippen molar-refractivity contribution in [2.24, 2.45) is 5.92 Å². The zero-order valence-electron chi connectivity index (χ0n) is 16.6. The van der Waals surface area contributed by atoms with Crippen molar-refractivity contribution in [1.29, 1.82) is 0 Å². The van der Waals surface area contributed by atoms with Gasteiger partial charge in [-0.15, -0.1) is 0 Å². The Labute approximate surface area is 170 Å². The number of hydrogen-bond donors (Lipinski definition) is 1. The first kappa shape index (κ1) is 20.6. The lowest BCUT2D eigenvalue weighted by Gasteiger charge is -2.31. The summed E-state index contributed by atoms with van der Waals surface area (Å²) >= 11 is 0. The van der Waals surface area contributed by atoms with Gasteiger partial charge in [-0.2, -0.15) is 0 Å². The molecule has 6 heteroatoms. The molecule has 0 bridgehead atoms. The molecule has 152 valence electrons. The number of rotatable bonds is 7. The van der Waals surface area contributed by atoms with Gasteiger partial charge in [-0.05, 0) is 56.2 Å². The Morgan fingerprint density at radius 1 is 1.00 bits per heavy atom. The first-order valence-corrected chi connectivity index (χ1v) is 9.90. The highest BCUT2D eigenvalue weighted by Gasteiger charge is 2.27. The van der Waals surface area contributed by atoms with E-state index in [9.17, 15) is 14.4 Å². The van der Waals surface area contributed by atoms with Crippen molar-refractivity contribution in [2.75, 3.05) is 25.0 Å². The third-order valence-corrected chi connectivity index (χ3v) is 5.11. The van der Waals surface area contributed by atoms with Crippen molar-refractivity contribution < 1.29 is 19.1 Å². The number of anilines is 1. The quantitative estimate of drug-likeness (QED) is 0.729. The Hall–Kier alpha value is -3.15. The number of carbonyl (C=O) groups excluding carboxylic acids is 3. The number of likely N-dealkylation sites (tertiary alicyclic amines) is 1. The molecule has 2 aromatic rings. The molecule has 2 aromatic carbocycles. The highest BCUT2D eigenvalue weighted by Crippen LogP contribution is 2.20. The van der Waals surface area contributed by atoms with E-state index in [0.29, 0.717) is 50.2 Å². The molecule has 6 nitrogen and oxygen atoms in total. The van der Waals surface area contributed by atoms with Crippen LogP contribution in [0.3, 0.4) is 0 Å². The van der Waals surface area contributed by atoms with Crippen LogP contribution in [0.5, 0.6) is 5.75 Å². The minimum absolute atomic E-state index is 0.00548. The lowest BCUT2D eigenvalue weighted by atomic mass is 9.95. The predicted octanol–water partition coefficient (Wildman–Crippen LogP) is 3.54. The zero-order valence-corrected chi connectivity index (χ0v) is 16.6. The third-order valence-electron chi connectivity index (χ3n) is 5.11. The minimum Gasteiger partial charge on any atom is -0.493 e. The van der Waals surface area contributed by atoms with Crippen LogP contribution >= 0.6 is 0 Å². The first-order valence-electron chi connectivity index (χ1n) is 9.90. The number of piperidine rings is 1. The molecule has 3 rings (SSSR count). The Balaban J connectivity index is 1.40. The van der Waals surface area contributed by atoms with Gasteiger partial charge in [0.25, 0.3) is 0 Å². The van der Waals surface area contributed by atoms with E-state index in [2.05, 4.69) is 5.32 Å². The summed E-state index contributed by atoms with van der Waals surface area (Å²) in [7, 11) is 0. The van der Waals surface area contributed by atoms with Gasteiger partial charge in [0, 0.05) is 30.3 Å². The number of nitrogens with one attached hydrogen (secondary N) is 1. The third kappa shape index (κ3) is 5.91. The molecular weight excluding hydrogens is 368 g/mol. The van der Waals surface area contributed by atoms with E-state index in [4.69, 9.17) is 4.74 Å². The fourth-order valence-electron chi connectivity index (χ4n) is 3.35. The monoisotopic (exact) mass is 394 g/mol. The van der Waals surface area contributed by atoms with Crippen molar-refractivity contribution in [3.63, 3.8) is 0 Å². The van der Waals surface area contributed by atoms with Gasteiger partial charge >= 0.3 is 0 Å². The molecule has 1 aliphatic heterocycles. The summed E-state index contributed by atoms with van der Waals surface area (Å²) < 4.78 is 5.58. The van der Waals surface area contributed by atoms with Crippen molar-refractivity contribution in [3.8, 4) is 5.75 Å². The van der Waals surface area contributed by atoms with Gasteiger partial charge in [-0.25, -0.2) is 0 Å². The van der Waals surface area contributed by atoms with Crippen LogP contribution in [-0.4, -0.2) is 42.2 Å². The van der Waals surface area contributed by atoms with Crippen molar-refractivity contribution in [1.82, 2.24) is 4.90 Å². The molecule has 1 fully saturated rings. The largest absolute Gasteiger partial charge is 0.493 e. The summed E-state index contributed by atoms with van der Waals surface area (Å²) in [4.78, 5) is 38.0. The van der Waals surface area contributed by atoms with Gasteiger partial charge < -0.3 is 15.0 Å². The van der Waals surface area contributed by atoms with Crippen LogP contribution in [0.1, 0.15) is 36.5 Å². The maximum absolute atomic E-state index is 12.5. The summed E-state index contributed by atoms with van der Waals surface area (Å²) in [6.45, 7) is 3.01. The Morgan fingerprint density at radius 2 is 1.66 bits per heavy atom. The number of carbonyl (C=O) groups is 3. The molecule has 0 aliphatic carbocycles. The molecule has 1 N–H and O–H groups in total.